The van der Waals surface area contributed by atoms with Gasteiger partial charge in [-0.05, 0) is 33.6 Å². The van der Waals surface area contributed by atoms with Gasteiger partial charge in [0.05, 0.1) is 5.02 Å². The Morgan fingerprint density at radius 2 is 1.89 bits per heavy atom. The Bertz CT molecular complexity index is 735. The fourth-order valence-electron chi connectivity index (χ4n) is 2.33. The Hall–Kier alpha value is -1.29. The third kappa shape index (κ3) is 2.18. The first-order valence-electron chi connectivity index (χ1n) is 5.96. The van der Waals surface area contributed by atoms with E-state index in [1.54, 1.807) is 0 Å². The molecule has 0 aliphatic carbocycles. The van der Waals surface area contributed by atoms with Crippen LogP contribution in [0, 0.1) is 0 Å². The molecule has 0 spiro atoms. The van der Waals surface area contributed by atoms with Crippen molar-refractivity contribution in [3.8, 4) is 11.1 Å². The Morgan fingerprint density at radius 1 is 1.16 bits per heavy atom. The molecule has 0 saturated heterocycles. The van der Waals surface area contributed by atoms with E-state index < -0.39 is 0 Å². The molecule has 2 nitrogen and oxygen atoms in total. The normalized spacial score (nSPS) is 11.1. The highest BCUT2D eigenvalue weighted by Crippen LogP contribution is 2.36. The highest BCUT2D eigenvalue weighted by atomic mass is 79.9. The molecule has 0 aliphatic heterocycles. The fraction of sp³-hybridized carbons (Fsp3) is 0.0667. The largest absolute Gasteiger partial charge is 0.357 e. The van der Waals surface area contributed by atoms with Crippen LogP contribution in [0.2, 0.25) is 5.02 Å². The number of halogens is 2. The minimum Gasteiger partial charge on any atom is -0.357 e. The zero-order chi connectivity index (χ0) is 13.4. The standard InChI is InChI=1S/C15H12BrClN2/c16-11-7-13-10(6-12(11)17)15(14(8-18)19-13)9-4-2-1-3-5-9/h1-7,19H,8,18H2. The number of hydrogen-bond acceptors (Lipinski definition) is 1. The van der Waals surface area contributed by atoms with Gasteiger partial charge in [-0.3, -0.25) is 0 Å². The van der Waals surface area contributed by atoms with Crippen LogP contribution in [0.15, 0.2) is 46.9 Å². The summed E-state index contributed by atoms with van der Waals surface area (Å²) in [7, 11) is 0. The highest BCUT2D eigenvalue weighted by Gasteiger charge is 2.13. The minimum absolute atomic E-state index is 0.466. The summed E-state index contributed by atoms with van der Waals surface area (Å²) in [6, 6.07) is 14.2. The number of nitrogens with one attached hydrogen (secondary N) is 1. The molecule has 0 aliphatic rings. The Labute approximate surface area is 124 Å². The van der Waals surface area contributed by atoms with Gasteiger partial charge in [0.1, 0.15) is 0 Å². The number of fused-ring (bicyclic) bond motifs is 1. The predicted octanol–water partition coefficient (Wildman–Crippen LogP) is 4.71. The van der Waals surface area contributed by atoms with Crippen LogP contribution in [-0.4, -0.2) is 4.98 Å². The molecule has 0 amide bonds. The molecule has 96 valence electrons. The number of rotatable bonds is 2. The average molecular weight is 336 g/mol. The van der Waals surface area contributed by atoms with E-state index in [1.807, 2.05) is 30.3 Å². The molecule has 0 saturated carbocycles. The first-order valence-corrected chi connectivity index (χ1v) is 7.13. The van der Waals surface area contributed by atoms with E-state index in [4.69, 9.17) is 17.3 Å². The number of aromatic amines is 1. The van der Waals surface area contributed by atoms with Gasteiger partial charge in [0.15, 0.2) is 0 Å². The third-order valence-electron chi connectivity index (χ3n) is 3.18. The molecule has 1 heterocycles. The van der Waals surface area contributed by atoms with E-state index in [0.717, 1.165) is 32.2 Å². The van der Waals surface area contributed by atoms with Crippen LogP contribution in [0.4, 0.5) is 0 Å². The molecule has 3 N–H and O–H groups in total. The summed E-state index contributed by atoms with van der Waals surface area (Å²) >= 11 is 9.65. The van der Waals surface area contributed by atoms with Gasteiger partial charge in [-0.1, -0.05) is 41.9 Å². The van der Waals surface area contributed by atoms with E-state index in [9.17, 15) is 0 Å². The molecular formula is C15H12BrClN2. The fourth-order valence-corrected chi connectivity index (χ4v) is 2.84. The van der Waals surface area contributed by atoms with Crippen molar-refractivity contribution < 1.29 is 0 Å². The van der Waals surface area contributed by atoms with E-state index in [-0.39, 0.29) is 0 Å². The minimum atomic E-state index is 0.466. The molecule has 19 heavy (non-hydrogen) atoms. The zero-order valence-electron chi connectivity index (χ0n) is 10.1. The second kappa shape index (κ2) is 5.00. The lowest BCUT2D eigenvalue weighted by atomic mass is 10.0. The lowest BCUT2D eigenvalue weighted by Crippen LogP contribution is -1.98. The number of nitrogens with two attached hydrogens (primary N) is 1. The molecule has 2 aromatic carbocycles. The molecule has 0 bridgehead atoms. The van der Waals surface area contributed by atoms with Gasteiger partial charge >= 0.3 is 0 Å². The zero-order valence-corrected chi connectivity index (χ0v) is 12.4. The highest BCUT2D eigenvalue weighted by molar-refractivity contribution is 9.10. The van der Waals surface area contributed by atoms with Crippen LogP contribution in [0.5, 0.6) is 0 Å². The van der Waals surface area contributed by atoms with Gasteiger partial charge in [0.25, 0.3) is 0 Å². The number of aromatic nitrogens is 1. The molecule has 4 heteroatoms. The van der Waals surface area contributed by atoms with Crippen molar-refractivity contribution in [1.29, 1.82) is 0 Å². The topological polar surface area (TPSA) is 41.8 Å². The second-order valence-electron chi connectivity index (χ2n) is 4.36. The van der Waals surface area contributed by atoms with Crippen LogP contribution >= 0.6 is 27.5 Å². The molecule has 0 fully saturated rings. The SMILES string of the molecule is NCc1[nH]c2cc(Br)c(Cl)cc2c1-c1ccccc1. The summed E-state index contributed by atoms with van der Waals surface area (Å²) in [5, 5.41) is 1.80. The summed E-state index contributed by atoms with van der Waals surface area (Å²) < 4.78 is 0.881. The summed E-state index contributed by atoms with van der Waals surface area (Å²) in [5.41, 5.74) is 10.2. The number of H-pyrrole nitrogens is 1. The van der Waals surface area contributed by atoms with Crippen molar-refractivity contribution >= 4 is 38.4 Å². The van der Waals surface area contributed by atoms with Crippen LogP contribution in [0.1, 0.15) is 5.69 Å². The van der Waals surface area contributed by atoms with Crippen molar-refractivity contribution in [2.24, 2.45) is 5.73 Å². The monoisotopic (exact) mass is 334 g/mol. The molecule has 3 aromatic rings. The molecule has 0 atom stereocenters. The summed E-state index contributed by atoms with van der Waals surface area (Å²) in [6.45, 7) is 0.466. The summed E-state index contributed by atoms with van der Waals surface area (Å²) in [4.78, 5) is 3.37. The average Bonchev–Trinajstić information content (AvgIpc) is 2.78. The number of hydrogen-bond donors (Lipinski definition) is 2. The predicted molar refractivity (Wildman–Crippen MR) is 84.3 cm³/mol. The smallest absolute Gasteiger partial charge is 0.0555 e. The summed E-state index contributed by atoms with van der Waals surface area (Å²) in [5.74, 6) is 0. The van der Waals surface area contributed by atoms with E-state index in [0.29, 0.717) is 11.6 Å². The second-order valence-corrected chi connectivity index (χ2v) is 5.62. The van der Waals surface area contributed by atoms with E-state index >= 15 is 0 Å². The van der Waals surface area contributed by atoms with Gasteiger partial charge in [-0.25, -0.2) is 0 Å². The Morgan fingerprint density at radius 3 is 2.58 bits per heavy atom. The van der Waals surface area contributed by atoms with Crippen molar-refractivity contribution in [2.45, 2.75) is 6.54 Å². The lowest BCUT2D eigenvalue weighted by molar-refractivity contribution is 1.02. The van der Waals surface area contributed by atoms with E-state index in [2.05, 4.69) is 33.0 Å². The van der Waals surface area contributed by atoms with Crippen molar-refractivity contribution in [3.63, 3.8) is 0 Å². The van der Waals surface area contributed by atoms with Crippen molar-refractivity contribution in [2.75, 3.05) is 0 Å². The van der Waals surface area contributed by atoms with Gasteiger partial charge in [0.2, 0.25) is 0 Å². The Kier molecular flexibility index (Phi) is 3.35. The lowest BCUT2D eigenvalue weighted by Gasteiger charge is -2.03. The number of benzene rings is 2. The molecular weight excluding hydrogens is 324 g/mol. The maximum absolute atomic E-state index is 6.21. The first-order chi connectivity index (χ1) is 9.20. The molecule has 3 rings (SSSR count). The Balaban J connectivity index is 2.36. The van der Waals surface area contributed by atoms with Gasteiger partial charge in [-0.15, -0.1) is 0 Å². The van der Waals surface area contributed by atoms with Crippen molar-refractivity contribution in [1.82, 2.24) is 4.98 Å². The van der Waals surface area contributed by atoms with E-state index in [1.165, 1.54) is 0 Å². The molecule has 1 aromatic heterocycles. The van der Waals surface area contributed by atoms with Crippen molar-refractivity contribution in [3.05, 3.63) is 57.7 Å². The van der Waals surface area contributed by atoms with Crippen LogP contribution in [0.3, 0.4) is 0 Å². The first kappa shape index (κ1) is 12.7. The maximum atomic E-state index is 6.21. The van der Waals surface area contributed by atoms with Gasteiger partial charge in [-0.2, -0.15) is 0 Å². The van der Waals surface area contributed by atoms with Crippen LogP contribution in [0.25, 0.3) is 22.0 Å². The van der Waals surface area contributed by atoms with Gasteiger partial charge in [0, 0.05) is 33.2 Å². The van der Waals surface area contributed by atoms with Crippen LogP contribution < -0.4 is 5.73 Å². The van der Waals surface area contributed by atoms with Gasteiger partial charge < -0.3 is 10.7 Å². The quantitative estimate of drug-likeness (QED) is 0.699. The maximum Gasteiger partial charge on any atom is 0.0555 e. The molecule has 0 unspecified atom stereocenters. The third-order valence-corrected chi connectivity index (χ3v) is 4.38. The summed E-state index contributed by atoms with van der Waals surface area (Å²) in [6.07, 6.45) is 0. The van der Waals surface area contributed by atoms with Crippen LogP contribution in [-0.2, 0) is 6.54 Å². The molecule has 0 radical (unpaired) electrons.